The molecule has 0 bridgehead atoms. The van der Waals surface area contributed by atoms with Gasteiger partial charge in [-0.15, -0.1) is 0 Å². The molecule has 5 atom stereocenters. The Hall–Kier alpha value is 0.633. The maximum atomic E-state index is 12.1. The zero-order valence-corrected chi connectivity index (χ0v) is 20.8. The predicted molar refractivity (Wildman–Crippen MR) is 107 cm³/mol. The molecule has 4 radical (unpaired) electrons. The number of ether oxygens (including phenoxy) is 1. The van der Waals surface area contributed by atoms with Gasteiger partial charge in [0.05, 0.1) is 6.10 Å². The summed E-state index contributed by atoms with van der Waals surface area (Å²) in [6, 6.07) is -0.283. The van der Waals surface area contributed by atoms with Gasteiger partial charge in [-0.25, -0.2) is 4.79 Å². The monoisotopic (exact) mass is 550 g/mol. The maximum Gasteiger partial charge on any atom is 0.325 e. The van der Waals surface area contributed by atoms with Crippen molar-refractivity contribution in [2.24, 2.45) is 17.6 Å². The Morgan fingerprint density at radius 1 is 1.25 bits per heavy atom. The van der Waals surface area contributed by atoms with Crippen molar-refractivity contribution < 1.29 is 84.8 Å². The van der Waals surface area contributed by atoms with Crippen molar-refractivity contribution in [3.63, 3.8) is 0 Å². The van der Waals surface area contributed by atoms with Gasteiger partial charge in [-0.3, -0.25) is 4.90 Å². The average Bonchev–Trinajstić information content (AvgIpc) is 2.76. The molecule has 1 fully saturated rings. The first-order valence-corrected chi connectivity index (χ1v) is 7.02. The maximum absolute atomic E-state index is 12.1. The fraction of sp³-hybridized carbons (Fsp3) is 0.706. The van der Waals surface area contributed by atoms with Crippen molar-refractivity contribution >= 4 is 20.5 Å². The van der Waals surface area contributed by atoms with Crippen LogP contribution in [-0.4, -0.2) is 55.5 Å². The van der Waals surface area contributed by atoms with E-state index in [9.17, 15) is 9.59 Å². The largest absolute Gasteiger partial charge is 0.526 e. The van der Waals surface area contributed by atoms with E-state index in [1.54, 1.807) is 12.6 Å². The molecule has 2 aliphatic heterocycles. The molecule has 11 heteroatoms. The number of hydrogen-bond donors (Lipinski definition) is 4. The third kappa shape index (κ3) is 10.6. The van der Waals surface area contributed by atoms with Crippen LogP contribution in [0.2, 0.25) is 0 Å². The van der Waals surface area contributed by atoms with Crippen molar-refractivity contribution in [2.75, 3.05) is 6.54 Å². The number of urea groups is 1. The van der Waals surface area contributed by atoms with Crippen LogP contribution < -0.4 is 16.4 Å². The number of rotatable bonds is 4. The molecule has 2 aliphatic rings. The van der Waals surface area contributed by atoms with Crippen molar-refractivity contribution in [1.82, 2.24) is 15.5 Å². The quantitative estimate of drug-likeness (QED) is 0.239. The van der Waals surface area contributed by atoms with Gasteiger partial charge in [0.15, 0.2) is 0 Å². The van der Waals surface area contributed by atoms with Gasteiger partial charge in [0.1, 0.15) is 12.4 Å². The Morgan fingerprint density at radius 2 is 1.75 bits per heavy atom. The molecule has 2 heterocycles. The molecule has 0 aromatic heterocycles. The first-order chi connectivity index (χ1) is 10.5. The van der Waals surface area contributed by atoms with Gasteiger partial charge in [0, 0.05) is 84.1 Å². The van der Waals surface area contributed by atoms with Crippen LogP contribution in [-0.2, 0) is 74.9 Å². The average molecular weight is 550 g/mol. The van der Waals surface area contributed by atoms with Crippen LogP contribution in [0.25, 0.3) is 0 Å². The van der Waals surface area contributed by atoms with Crippen LogP contribution in [0.15, 0.2) is 11.8 Å². The summed E-state index contributed by atoms with van der Waals surface area (Å²) in [6.07, 6.45) is 2.43. The Morgan fingerprint density at radius 3 is 2.14 bits per heavy atom. The van der Waals surface area contributed by atoms with Crippen molar-refractivity contribution in [3.05, 3.63) is 19.2 Å². The minimum Gasteiger partial charge on any atom is -0.526 e. The van der Waals surface area contributed by atoms with Crippen LogP contribution in [0.3, 0.4) is 0 Å². The topological polar surface area (TPSA) is 117 Å². The standard InChI is InChI=1S/C13H21N4O3.3CH4.CH3.BHO.2Y/c1-7-8(2)12(20-9(7)3)17-5-10(4-15-6-18)11(14)16-13(17)19;;;;;1-2;;/h5,7-9,11-12H,4,14H2,1-3H3,(H,15,18)(H,16,19);3*1H4;1H3;2H;;/q-1;;;;-1;;;. The second-order valence-corrected chi connectivity index (χ2v) is 5.44. The minimum atomic E-state index is -0.605. The van der Waals surface area contributed by atoms with E-state index in [1.165, 1.54) is 4.90 Å². The summed E-state index contributed by atoms with van der Waals surface area (Å²) in [7, 11) is 3.50. The van der Waals surface area contributed by atoms with Crippen LogP contribution >= 0.6 is 0 Å². The van der Waals surface area contributed by atoms with Gasteiger partial charge in [-0.1, -0.05) is 36.1 Å². The van der Waals surface area contributed by atoms with E-state index in [4.69, 9.17) is 15.5 Å². The summed E-state index contributed by atoms with van der Waals surface area (Å²) >= 11 is 0. The van der Waals surface area contributed by atoms with E-state index in [0.717, 1.165) is 0 Å². The molecule has 0 spiro atoms. The summed E-state index contributed by atoms with van der Waals surface area (Å²) < 4.78 is 5.87. The molecule has 0 saturated carbocycles. The number of carbonyl (C=O) groups is 1. The normalized spacial score (nSPS) is 26.9. The fourth-order valence-corrected chi connectivity index (χ4v) is 2.57. The molecule has 5 N–H and O–H groups in total. The van der Waals surface area contributed by atoms with Crippen molar-refractivity contribution in [1.29, 1.82) is 0 Å². The van der Waals surface area contributed by atoms with E-state index in [1.807, 2.05) is 6.92 Å². The molecular weight excluding hydrogens is 513 g/mol. The third-order valence-electron chi connectivity index (χ3n) is 4.23. The van der Waals surface area contributed by atoms with Crippen molar-refractivity contribution in [3.8, 4) is 0 Å². The fourth-order valence-electron chi connectivity index (χ4n) is 2.57. The smallest absolute Gasteiger partial charge is 0.325 e. The number of carbonyl (C=O) groups excluding carboxylic acids is 2. The second-order valence-electron chi connectivity index (χ2n) is 5.44. The zero-order chi connectivity index (χ0) is 16.9. The Labute approximate surface area is 223 Å². The Balaban J connectivity index is -0.000000146. The summed E-state index contributed by atoms with van der Waals surface area (Å²) in [6.45, 7) is 6.41. The van der Waals surface area contributed by atoms with Crippen LogP contribution in [0.1, 0.15) is 43.1 Å². The molecule has 160 valence electrons. The second kappa shape index (κ2) is 20.9. The first-order valence-electron chi connectivity index (χ1n) is 7.02. The van der Waals surface area contributed by atoms with E-state index in [0.29, 0.717) is 11.5 Å². The predicted octanol–water partition coefficient (Wildman–Crippen LogP) is 1.27. The summed E-state index contributed by atoms with van der Waals surface area (Å²) in [5, 5.41) is 11.6. The van der Waals surface area contributed by atoms with Gasteiger partial charge in [0.2, 0.25) is 0 Å². The van der Waals surface area contributed by atoms with E-state index in [2.05, 4.69) is 32.5 Å². The van der Waals surface area contributed by atoms with Gasteiger partial charge in [-0.2, -0.15) is 6.41 Å². The number of hydrogen-bond acceptors (Lipinski definition) is 5. The van der Waals surface area contributed by atoms with Gasteiger partial charge >= 0.3 is 6.03 Å². The molecule has 1 saturated heterocycles. The SMILES string of the molecule is C.C.C.CC1OC(N2C=C(CN[C-]=O)C(N)NC2=O)C(C)C1C.[B]O.[CH3-].[Y].[Y]. The Bertz CT molecular complexity index is 447. The Kier molecular flexibility index (Phi) is 31.8. The summed E-state index contributed by atoms with van der Waals surface area (Å²) in [5.74, 6) is 0.579. The molecule has 8 nitrogen and oxygen atoms in total. The summed E-state index contributed by atoms with van der Waals surface area (Å²) in [4.78, 5) is 23.9. The summed E-state index contributed by atoms with van der Waals surface area (Å²) in [5.41, 5.74) is 6.53. The van der Waals surface area contributed by atoms with E-state index in [-0.39, 0.29) is 126 Å². The number of nitrogens with two attached hydrogens (primary N) is 1. The minimum absolute atomic E-state index is 0. The third-order valence-corrected chi connectivity index (χ3v) is 4.23. The molecule has 5 unspecified atom stereocenters. The van der Waals surface area contributed by atoms with Crippen LogP contribution in [0.5, 0.6) is 0 Å². The van der Waals surface area contributed by atoms with Crippen molar-refractivity contribution in [2.45, 2.75) is 61.5 Å². The molecule has 0 aromatic carbocycles. The van der Waals surface area contributed by atoms with Gasteiger partial charge in [0.25, 0.3) is 8.05 Å². The molecular formula is C17H37BN4O4Y2-2. The molecule has 28 heavy (non-hydrogen) atoms. The van der Waals surface area contributed by atoms with E-state index < -0.39 is 6.17 Å². The zero-order valence-electron chi connectivity index (χ0n) is 15.1. The molecule has 0 aromatic rings. The molecule has 3 amide bonds. The number of amides is 3. The van der Waals surface area contributed by atoms with E-state index >= 15 is 0 Å². The van der Waals surface area contributed by atoms with Crippen LogP contribution in [0.4, 0.5) is 4.79 Å². The van der Waals surface area contributed by atoms with Crippen LogP contribution in [0, 0.1) is 19.3 Å². The first kappa shape index (κ1) is 42.7. The number of nitrogens with zero attached hydrogens (tertiary/aromatic N) is 1. The number of nitrogens with one attached hydrogen (secondary N) is 2. The molecule has 0 aliphatic carbocycles. The van der Waals surface area contributed by atoms with Gasteiger partial charge < -0.3 is 38.3 Å². The molecule has 2 rings (SSSR count). The van der Waals surface area contributed by atoms with Gasteiger partial charge in [-0.05, 0) is 18.4 Å².